The summed E-state index contributed by atoms with van der Waals surface area (Å²) in [5, 5.41) is 3.59. The van der Waals surface area contributed by atoms with Crippen molar-refractivity contribution < 1.29 is 0 Å². The number of aromatic amines is 1. The first-order chi connectivity index (χ1) is 14.1. The lowest BCUT2D eigenvalue weighted by Gasteiger charge is -2.19. The van der Waals surface area contributed by atoms with E-state index >= 15 is 0 Å². The molecule has 1 aromatic carbocycles. The fourth-order valence-electron chi connectivity index (χ4n) is 3.76. The molecular weight excluding hydrogens is 366 g/mol. The Morgan fingerprint density at radius 3 is 2.83 bits per heavy atom. The van der Waals surface area contributed by atoms with Gasteiger partial charge in [0, 0.05) is 50.0 Å². The molecule has 150 valence electrons. The monoisotopic (exact) mass is 391 g/mol. The zero-order valence-corrected chi connectivity index (χ0v) is 16.5. The van der Waals surface area contributed by atoms with Gasteiger partial charge >= 0.3 is 5.69 Å². The van der Waals surface area contributed by atoms with Gasteiger partial charge in [0.25, 0.3) is 5.56 Å². The largest absolute Gasteiger partial charge is 0.356 e. The molecule has 1 aliphatic rings. The molecule has 4 rings (SSSR count). The lowest BCUT2D eigenvalue weighted by atomic mass is 10.1. The third kappa shape index (κ3) is 4.30. The van der Waals surface area contributed by atoms with Crippen LogP contribution in [-0.4, -0.2) is 33.7 Å². The van der Waals surface area contributed by atoms with E-state index in [9.17, 15) is 9.59 Å². The molecule has 0 bridgehead atoms. The molecule has 1 saturated heterocycles. The lowest BCUT2D eigenvalue weighted by Crippen LogP contribution is -2.37. The van der Waals surface area contributed by atoms with Crippen molar-refractivity contribution in [3.8, 4) is 11.3 Å². The van der Waals surface area contributed by atoms with Gasteiger partial charge in [-0.3, -0.25) is 19.3 Å². The second-order valence-corrected chi connectivity index (χ2v) is 7.27. The summed E-state index contributed by atoms with van der Waals surface area (Å²) in [6.07, 6.45) is 2.76. The minimum Gasteiger partial charge on any atom is -0.356 e. The van der Waals surface area contributed by atoms with Crippen LogP contribution in [0.1, 0.15) is 18.9 Å². The Hall–Kier alpha value is -3.19. The first-order valence-corrected chi connectivity index (χ1v) is 9.97. The highest BCUT2D eigenvalue weighted by Crippen LogP contribution is 2.19. The number of hydrogen-bond acceptors (Lipinski definition) is 5. The first kappa shape index (κ1) is 19.1. The Bertz CT molecular complexity index is 1060. The van der Waals surface area contributed by atoms with Crippen molar-refractivity contribution in [3.63, 3.8) is 0 Å². The standard InChI is InChI=1S/C22H25N5O2/c1-2-27-21(28)13-20(25-22(27)29)26-11-9-18(15-26)24-14-16-6-5-7-17(12-16)19-8-3-4-10-23-19/h3-8,10,12-13,18,24H,2,9,11,14-15H2,1H3,(H,25,29)/t18-/m0/s1. The van der Waals surface area contributed by atoms with Gasteiger partial charge in [-0.2, -0.15) is 0 Å². The van der Waals surface area contributed by atoms with Gasteiger partial charge in [0.1, 0.15) is 5.82 Å². The minimum absolute atomic E-state index is 0.256. The Labute approximate surface area is 169 Å². The molecular formula is C22H25N5O2. The van der Waals surface area contributed by atoms with Crippen molar-refractivity contribution in [2.75, 3.05) is 18.0 Å². The Balaban J connectivity index is 1.39. The van der Waals surface area contributed by atoms with Crippen molar-refractivity contribution >= 4 is 5.82 Å². The highest BCUT2D eigenvalue weighted by atomic mass is 16.2. The second kappa shape index (κ2) is 8.45. The van der Waals surface area contributed by atoms with E-state index in [1.54, 1.807) is 13.1 Å². The van der Waals surface area contributed by atoms with Crippen LogP contribution in [0.5, 0.6) is 0 Å². The summed E-state index contributed by atoms with van der Waals surface area (Å²) in [6, 6.07) is 16.1. The third-order valence-corrected chi connectivity index (χ3v) is 5.33. The molecule has 7 nitrogen and oxygen atoms in total. The van der Waals surface area contributed by atoms with Gasteiger partial charge in [-0.15, -0.1) is 0 Å². The van der Waals surface area contributed by atoms with E-state index in [0.717, 1.165) is 37.3 Å². The van der Waals surface area contributed by atoms with Crippen LogP contribution >= 0.6 is 0 Å². The van der Waals surface area contributed by atoms with Gasteiger partial charge in [0.15, 0.2) is 0 Å². The maximum Gasteiger partial charge on any atom is 0.329 e. The third-order valence-electron chi connectivity index (χ3n) is 5.33. The molecule has 1 atom stereocenters. The highest BCUT2D eigenvalue weighted by molar-refractivity contribution is 5.59. The van der Waals surface area contributed by atoms with E-state index in [4.69, 9.17) is 0 Å². The van der Waals surface area contributed by atoms with E-state index in [2.05, 4.69) is 44.5 Å². The maximum absolute atomic E-state index is 12.1. The van der Waals surface area contributed by atoms with Gasteiger partial charge in [0.2, 0.25) is 0 Å². The van der Waals surface area contributed by atoms with Crippen LogP contribution in [0.25, 0.3) is 11.3 Å². The Kier molecular flexibility index (Phi) is 5.57. The van der Waals surface area contributed by atoms with E-state index in [1.165, 1.54) is 16.2 Å². The molecule has 3 aromatic rings. The second-order valence-electron chi connectivity index (χ2n) is 7.27. The van der Waals surface area contributed by atoms with Crippen LogP contribution < -0.4 is 21.5 Å². The predicted octanol–water partition coefficient (Wildman–Crippen LogP) is 1.99. The lowest BCUT2D eigenvalue weighted by molar-refractivity contribution is 0.551. The van der Waals surface area contributed by atoms with E-state index in [0.29, 0.717) is 18.4 Å². The number of nitrogens with one attached hydrogen (secondary N) is 2. The highest BCUT2D eigenvalue weighted by Gasteiger charge is 2.23. The van der Waals surface area contributed by atoms with Crippen LogP contribution in [0.3, 0.4) is 0 Å². The predicted molar refractivity (Wildman–Crippen MR) is 114 cm³/mol. The maximum atomic E-state index is 12.1. The fourth-order valence-corrected chi connectivity index (χ4v) is 3.76. The minimum atomic E-state index is -0.349. The molecule has 1 aliphatic heterocycles. The average Bonchev–Trinajstić information content (AvgIpc) is 3.22. The SMILES string of the molecule is CCn1c(=O)cc(N2CC[C@H](NCc3cccc(-c4ccccn4)c3)C2)[nH]c1=O. The summed E-state index contributed by atoms with van der Waals surface area (Å²) < 4.78 is 1.20. The zero-order chi connectivity index (χ0) is 20.2. The summed E-state index contributed by atoms with van der Waals surface area (Å²) >= 11 is 0. The van der Waals surface area contributed by atoms with Gasteiger partial charge < -0.3 is 10.2 Å². The van der Waals surface area contributed by atoms with Crippen molar-refractivity contribution in [1.29, 1.82) is 0 Å². The fraction of sp³-hybridized carbons (Fsp3) is 0.318. The smallest absolute Gasteiger partial charge is 0.329 e. The van der Waals surface area contributed by atoms with Crippen molar-refractivity contribution in [2.45, 2.75) is 32.5 Å². The molecule has 3 heterocycles. The molecule has 2 N–H and O–H groups in total. The van der Waals surface area contributed by atoms with Gasteiger partial charge in [-0.25, -0.2) is 4.79 Å². The van der Waals surface area contributed by atoms with Gasteiger partial charge in [-0.1, -0.05) is 24.3 Å². The van der Waals surface area contributed by atoms with Crippen LogP contribution in [0.4, 0.5) is 5.82 Å². The normalized spacial score (nSPS) is 16.3. The van der Waals surface area contributed by atoms with Crippen molar-refractivity contribution in [1.82, 2.24) is 19.9 Å². The number of hydrogen-bond donors (Lipinski definition) is 2. The first-order valence-electron chi connectivity index (χ1n) is 9.97. The zero-order valence-electron chi connectivity index (χ0n) is 16.5. The molecule has 1 fully saturated rings. The number of benzene rings is 1. The van der Waals surface area contributed by atoms with E-state index < -0.39 is 0 Å². The number of H-pyrrole nitrogens is 1. The number of aromatic nitrogens is 3. The summed E-state index contributed by atoms with van der Waals surface area (Å²) in [5.74, 6) is 0.603. The summed E-state index contributed by atoms with van der Waals surface area (Å²) in [4.78, 5) is 33.4. The molecule has 0 unspecified atom stereocenters. The molecule has 0 saturated carbocycles. The molecule has 0 amide bonds. The van der Waals surface area contributed by atoms with Gasteiger partial charge in [0.05, 0.1) is 5.69 Å². The Morgan fingerprint density at radius 1 is 1.17 bits per heavy atom. The van der Waals surface area contributed by atoms with Crippen molar-refractivity contribution in [2.24, 2.45) is 0 Å². The Morgan fingerprint density at radius 2 is 2.07 bits per heavy atom. The molecule has 0 aliphatic carbocycles. The molecule has 0 radical (unpaired) electrons. The quantitative estimate of drug-likeness (QED) is 0.671. The van der Waals surface area contributed by atoms with E-state index in [1.807, 2.05) is 18.2 Å². The number of nitrogens with zero attached hydrogens (tertiary/aromatic N) is 3. The molecule has 29 heavy (non-hydrogen) atoms. The number of pyridine rings is 1. The summed E-state index contributed by atoms with van der Waals surface area (Å²) in [6.45, 7) is 4.47. The van der Waals surface area contributed by atoms with Gasteiger partial charge in [-0.05, 0) is 37.1 Å². The molecule has 0 spiro atoms. The topological polar surface area (TPSA) is 83.0 Å². The summed E-state index contributed by atoms with van der Waals surface area (Å²) in [5.41, 5.74) is 2.66. The van der Waals surface area contributed by atoms with Crippen LogP contribution in [0.15, 0.2) is 64.3 Å². The number of rotatable bonds is 6. The van der Waals surface area contributed by atoms with Crippen LogP contribution in [0, 0.1) is 0 Å². The molecule has 7 heteroatoms. The number of anilines is 1. The van der Waals surface area contributed by atoms with E-state index in [-0.39, 0.29) is 11.2 Å². The van der Waals surface area contributed by atoms with Crippen LogP contribution in [-0.2, 0) is 13.1 Å². The average molecular weight is 391 g/mol. The van der Waals surface area contributed by atoms with Crippen LogP contribution in [0.2, 0.25) is 0 Å². The van der Waals surface area contributed by atoms with Crippen molar-refractivity contribution in [3.05, 3.63) is 81.1 Å². The molecule has 2 aromatic heterocycles. The summed E-state index contributed by atoms with van der Waals surface area (Å²) in [7, 11) is 0.